The predicted octanol–water partition coefficient (Wildman–Crippen LogP) is 16.1. The number of carbonyl (C=O) groups is 3. The molecule has 0 unspecified atom stereocenters. The van der Waals surface area contributed by atoms with Crippen LogP contribution in [0.2, 0.25) is 0 Å². The molecule has 15 rings (SSSR count). The lowest BCUT2D eigenvalue weighted by molar-refractivity contribution is 0.0592. The van der Waals surface area contributed by atoms with Crippen LogP contribution in [0.4, 0.5) is 52.4 Å². The van der Waals surface area contributed by atoms with Crippen LogP contribution in [0.5, 0.6) is 0 Å². The van der Waals surface area contributed by atoms with Crippen LogP contribution in [0.25, 0.3) is 22.3 Å². The van der Waals surface area contributed by atoms with Crippen molar-refractivity contribution in [3.05, 3.63) is 333 Å². The number of hydrogen-bond acceptors (Lipinski definition) is 28. The predicted molar refractivity (Wildman–Crippen MR) is 459 cm³/mol. The standard InChI is InChI=1S/C22H20N6O2.C21H19N7O2.C18H15BrN4O2.C9H7BrN4.C5H3Br2N.C4H5N3.HI/c1-15-19(12-26-27-15)18-7-8-24-20(11-18)28(21-13-23-9-10-25-21)14-16-3-5-17(6-4-16)22(29)30-2;1-14-18(11-25-26-14)17-6-7-23-19(10-17)28(20-12-22-8-9-24-20)13-15-2-4-16(5-3-15)21(29)27-30;1-25-18(24)14-4-2-13(3-5-14)12-23(17-11-20-8-9-22-17)16-10-15(19)6-7-21-16;10-7-1-2-12-8(5-7)14-9-6-11-3-4-13-9;6-4-1-2-8-5(7)3-4;5-4-3-6-1-2-7-4;/h3-13H,14H2,1-2H3,(H,26,27);2-12,30H,13H2,1H3,(H,25,26)(H,27,29);2-11H,12H2,1H3;1-6H,(H,12,13,14);1-3H;1-3H,(H2,5,7);1H. The third-order valence-electron chi connectivity index (χ3n) is 15.7. The highest BCUT2D eigenvalue weighted by molar-refractivity contribution is 14.0. The molecule has 0 saturated heterocycles. The summed E-state index contributed by atoms with van der Waals surface area (Å²) < 4.78 is 13.3. The summed E-state index contributed by atoms with van der Waals surface area (Å²) >= 11 is 13.3. The molecule has 0 atom stereocenters. The Hall–Kier alpha value is -12.8. The van der Waals surface area contributed by atoms with Gasteiger partial charge in [-0.25, -0.2) is 64.9 Å². The summed E-state index contributed by atoms with van der Waals surface area (Å²) in [5, 5.41) is 25.9. The van der Waals surface area contributed by atoms with Gasteiger partial charge in [0.05, 0.1) is 88.4 Å². The second-order valence-electron chi connectivity index (χ2n) is 23.4. The van der Waals surface area contributed by atoms with Gasteiger partial charge in [-0.3, -0.25) is 45.1 Å². The molecule has 0 spiro atoms. The highest BCUT2D eigenvalue weighted by Crippen LogP contribution is 2.32. The van der Waals surface area contributed by atoms with Crippen molar-refractivity contribution >= 4 is 158 Å². The number of aromatic amines is 2. The number of esters is 2. The van der Waals surface area contributed by atoms with E-state index in [4.69, 9.17) is 20.4 Å². The van der Waals surface area contributed by atoms with E-state index in [1.807, 2.05) is 126 Å². The van der Waals surface area contributed by atoms with E-state index >= 15 is 0 Å². The number of aromatic nitrogens is 19. The number of carbonyl (C=O) groups excluding carboxylic acids is 3. The fourth-order valence-electron chi connectivity index (χ4n) is 10.2. The molecular formula is C79H70Br4IN25O6. The summed E-state index contributed by atoms with van der Waals surface area (Å²) in [7, 11) is 2.73. The summed E-state index contributed by atoms with van der Waals surface area (Å²) in [6.45, 7) is 5.43. The van der Waals surface area contributed by atoms with E-state index in [1.165, 1.54) is 20.4 Å². The van der Waals surface area contributed by atoms with Crippen LogP contribution < -0.4 is 31.2 Å². The largest absolute Gasteiger partial charge is 0.465 e. The number of hydroxylamine groups is 1. The first-order valence-electron chi connectivity index (χ1n) is 34.0. The zero-order valence-electron chi connectivity index (χ0n) is 61.5. The number of nitrogens with one attached hydrogen (secondary N) is 4. The number of nitrogens with zero attached hydrogens (tertiary/aromatic N) is 20. The molecule has 0 aliphatic rings. The van der Waals surface area contributed by atoms with Crippen LogP contribution in [-0.2, 0) is 29.1 Å². The number of hydrogen-bond donors (Lipinski definition) is 6. The minimum Gasteiger partial charge on any atom is -0.465 e. The molecule has 0 bridgehead atoms. The first-order chi connectivity index (χ1) is 55.5. The van der Waals surface area contributed by atoms with Crippen LogP contribution in [0.3, 0.4) is 0 Å². The molecule has 31 nitrogen and oxygen atoms in total. The monoisotopic (exact) mass is 1910 g/mol. The van der Waals surface area contributed by atoms with Crippen LogP contribution in [0, 0.1) is 13.8 Å². The number of H-pyrrole nitrogens is 2. The average Bonchev–Trinajstić information content (AvgIpc) is 1.79. The van der Waals surface area contributed by atoms with Gasteiger partial charge in [0, 0.05) is 134 Å². The summed E-state index contributed by atoms with van der Waals surface area (Å²) in [6.07, 6.45) is 36.6. The van der Waals surface area contributed by atoms with Crippen molar-refractivity contribution in [2.75, 3.05) is 40.0 Å². The van der Waals surface area contributed by atoms with Gasteiger partial charge in [-0.2, -0.15) is 10.2 Å². The molecule has 36 heteroatoms. The Morgan fingerprint density at radius 2 is 0.765 bits per heavy atom. The Kier molecular flexibility index (Phi) is 33.8. The van der Waals surface area contributed by atoms with Crippen LogP contribution in [0.1, 0.15) is 59.2 Å². The molecule has 0 saturated carbocycles. The molecule has 0 fully saturated rings. The number of anilines is 9. The zero-order chi connectivity index (χ0) is 80.4. The topological polar surface area (TPSA) is 400 Å². The smallest absolute Gasteiger partial charge is 0.337 e. The first-order valence-corrected chi connectivity index (χ1v) is 37.1. The van der Waals surface area contributed by atoms with Gasteiger partial charge < -0.3 is 35.2 Å². The van der Waals surface area contributed by atoms with Gasteiger partial charge in [0.25, 0.3) is 5.91 Å². The molecule has 0 radical (unpaired) electrons. The molecule has 1 amide bonds. The number of rotatable bonds is 19. The summed E-state index contributed by atoms with van der Waals surface area (Å²) in [6, 6.07) is 40.6. The van der Waals surface area contributed by atoms with E-state index in [9.17, 15) is 14.4 Å². The summed E-state index contributed by atoms with van der Waals surface area (Å²) in [5.74, 6) is 4.76. The molecule has 12 aromatic heterocycles. The Bertz CT molecular complexity index is 5300. The average molecular weight is 1910 g/mol. The number of nitrogen functional groups attached to an aromatic ring is 1. The fourth-order valence-corrected chi connectivity index (χ4v) is 11.8. The Morgan fingerprint density at radius 1 is 0.400 bits per heavy atom. The minimum absolute atomic E-state index is 0. The quantitative estimate of drug-likeness (QED) is 0.0144. The maximum Gasteiger partial charge on any atom is 0.337 e. The van der Waals surface area contributed by atoms with Crippen LogP contribution in [0.15, 0.2) is 288 Å². The normalized spacial score (nSPS) is 10.1. The maximum absolute atomic E-state index is 11.7. The summed E-state index contributed by atoms with van der Waals surface area (Å²) in [5.41, 5.74) is 17.1. The van der Waals surface area contributed by atoms with Crippen molar-refractivity contribution in [2.24, 2.45) is 0 Å². The van der Waals surface area contributed by atoms with Gasteiger partial charge in [0.2, 0.25) is 0 Å². The van der Waals surface area contributed by atoms with E-state index in [0.29, 0.717) is 71.2 Å². The van der Waals surface area contributed by atoms with Crippen molar-refractivity contribution in [1.82, 2.24) is 101 Å². The maximum atomic E-state index is 11.7. The third kappa shape index (κ3) is 26.7. The van der Waals surface area contributed by atoms with Gasteiger partial charge >= 0.3 is 11.9 Å². The SMILES string of the molecule is Brc1ccnc(Br)c1.Brc1ccnc(Nc2cnccn2)c1.COC(=O)c1ccc(CN(c2cnccn2)c2cc(-c3cn[nH]c3C)ccn2)cc1.COC(=O)c1ccc(CN(c2cnccn2)c2cc(Br)ccn2)cc1.Cc1[nH]ncc1-c1ccnc(N(Cc2ccc(C(=O)NO)cc2)c2cnccn2)c1.I.Nc1cnccn1. The van der Waals surface area contributed by atoms with Crippen LogP contribution >= 0.6 is 87.7 Å². The number of halogens is 5. The lowest BCUT2D eigenvalue weighted by Gasteiger charge is -2.23. The van der Waals surface area contributed by atoms with Crippen LogP contribution in [-0.4, -0.2) is 132 Å². The van der Waals surface area contributed by atoms with Crippen molar-refractivity contribution in [2.45, 2.75) is 33.5 Å². The van der Waals surface area contributed by atoms with E-state index in [2.05, 4.69) is 164 Å². The molecule has 12 heterocycles. The molecular weight excluding hydrogens is 1840 g/mol. The molecule has 0 aliphatic carbocycles. The molecule has 15 aromatic rings. The van der Waals surface area contributed by atoms with Crippen molar-refractivity contribution < 1.29 is 29.1 Å². The molecule has 7 N–H and O–H groups in total. The first kappa shape index (κ1) is 86.2. The van der Waals surface area contributed by atoms with E-state index in [1.54, 1.807) is 172 Å². The minimum atomic E-state index is -0.558. The van der Waals surface area contributed by atoms with Gasteiger partial charge in [-0.1, -0.05) is 84.2 Å². The van der Waals surface area contributed by atoms with Gasteiger partial charge in [0.1, 0.15) is 39.5 Å². The van der Waals surface area contributed by atoms with Crippen molar-refractivity contribution in [1.29, 1.82) is 0 Å². The Morgan fingerprint density at radius 3 is 1.10 bits per heavy atom. The molecule has 582 valence electrons. The number of ether oxygens (including phenoxy) is 2. The van der Waals surface area contributed by atoms with Crippen molar-refractivity contribution in [3.8, 4) is 22.3 Å². The number of benzene rings is 3. The zero-order valence-corrected chi connectivity index (χ0v) is 70.1. The summed E-state index contributed by atoms with van der Waals surface area (Å²) in [4.78, 5) is 103. The third-order valence-corrected chi connectivity index (χ3v) is 17.6. The van der Waals surface area contributed by atoms with E-state index in [0.717, 1.165) is 85.8 Å². The van der Waals surface area contributed by atoms with Gasteiger partial charge in [0.15, 0.2) is 17.5 Å². The van der Waals surface area contributed by atoms with Crippen molar-refractivity contribution in [3.63, 3.8) is 0 Å². The number of amides is 1. The number of nitrogens with two attached hydrogens (primary N) is 1. The lowest BCUT2D eigenvalue weighted by Crippen LogP contribution is -2.20. The fraction of sp³-hybridized carbons (Fsp3) is 0.0886. The van der Waals surface area contributed by atoms with E-state index < -0.39 is 5.91 Å². The van der Waals surface area contributed by atoms with Gasteiger partial charge in [-0.05, 0) is 155 Å². The second-order valence-corrected chi connectivity index (χ2v) is 27.0. The van der Waals surface area contributed by atoms with E-state index in [-0.39, 0.29) is 35.9 Å². The molecule has 0 aliphatic heterocycles. The Labute approximate surface area is 710 Å². The molecule has 115 heavy (non-hydrogen) atoms. The second kappa shape index (κ2) is 45.1. The highest BCUT2D eigenvalue weighted by atomic mass is 127. The highest BCUT2D eigenvalue weighted by Gasteiger charge is 2.20. The lowest BCUT2D eigenvalue weighted by atomic mass is 10.1. The number of aryl methyl sites for hydroxylation is 2. The number of methoxy groups -OCH3 is 2. The number of pyridine rings is 5. The Balaban J connectivity index is 0.000000168. The molecule has 3 aromatic carbocycles. The van der Waals surface area contributed by atoms with Gasteiger partial charge in [-0.15, -0.1) is 24.0 Å².